The second-order valence-corrected chi connectivity index (χ2v) is 4.66. The number of carbonyl (C=O) groups excluding carboxylic acids is 1. The third kappa shape index (κ3) is 3.23. The summed E-state index contributed by atoms with van der Waals surface area (Å²) in [6, 6.07) is 7.93. The monoisotopic (exact) mass is 276 g/mol. The first-order valence-electron chi connectivity index (χ1n) is 5.71. The molecule has 2 aromatic rings. The number of halogens is 1. The molecule has 0 aliphatic carbocycles. The Morgan fingerprint density at radius 1 is 1.26 bits per heavy atom. The summed E-state index contributed by atoms with van der Waals surface area (Å²) in [4.78, 5) is 16.1. The van der Waals surface area contributed by atoms with Crippen LogP contribution in [0.5, 0.6) is 5.75 Å². The van der Waals surface area contributed by atoms with E-state index in [1.807, 2.05) is 0 Å². The topological polar surface area (TPSA) is 62.2 Å². The van der Waals surface area contributed by atoms with Gasteiger partial charge in [0.25, 0.3) is 5.91 Å². The maximum absolute atomic E-state index is 12.1. The Hall–Kier alpha value is -2.07. The van der Waals surface area contributed by atoms with Crippen LogP contribution in [0, 0.1) is 13.8 Å². The molecule has 98 valence electrons. The number of rotatable bonds is 2. The molecule has 19 heavy (non-hydrogen) atoms. The van der Waals surface area contributed by atoms with Gasteiger partial charge < -0.3 is 10.4 Å². The predicted octanol–water partition coefficient (Wildman–Crippen LogP) is 3.31. The SMILES string of the molecule is Cc1cc(C(=O)Nc2ccc(O)cc2C)cc(Cl)n1. The molecule has 0 fully saturated rings. The molecule has 0 saturated carbocycles. The first-order chi connectivity index (χ1) is 8.95. The number of anilines is 1. The molecule has 1 aromatic carbocycles. The van der Waals surface area contributed by atoms with E-state index >= 15 is 0 Å². The number of hydrogen-bond acceptors (Lipinski definition) is 3. The van der Waals surface area contributed by atoms with E-state index in [-0.39, 0.29) is 16.8 Å². The standard InChI is InChI=1S/C14H13ClN2O2/c1-8-5-11(18)3-4-12(8)17-14(19)10-6-9(2)16-13(15)7-10/h3-7,18H,1-2H3,(H,17,19). The number of aryl methyl sites for hydroxylation is 2. The normalized spacial score (nSPS) is 10.3. The van der Waals surface area contributed by atoms with Crippen LogP contribution in [0.15, 0.2) is 30.3 Å². The average molecular weight is 277 g/mol. The number of nitrogens with zero attached hydrogens (tertiary/aromatic N) is 1. The minimum absolute atomic E-state index is 0.165. The van der Waals surface area contributed by atoms with Crippen molar-refractivity contribution in [1.82, 2.24) is 4.98 Å². The molecule has 0 radical (unpaired) electrons. The van der Waals surface area contributed by atoms with Gasteiger partial charge in [0, 0.05) is 16.9 Å². The molecule has 2 N–H and O–H groups in total. The van der Waals surface area contributed by atoms with E-state index in [1.54, 1.807) is 32.0 Å². The number of phenolic OH excluding ortho intramolecular Hbond substituents is 1. The van der Waals surface area contributed by atoms with Crippen LogP contribution in [0.3, 0.4) is 0 Å². The molecule has 0 unspecified atom stereocenters. The highest BCUT2D eigenvalue weighted by atomic mass is 35.5. The molecule has 1 aromatic heterocycles. The van der Waals surface area contributed by atoms with E-state index < -0.39 is 0 Å². The number of benzene rings is 1. The Labute approximate surface area is 116 Å². The van der Waals surface area contributed by atoms with Crippen molar-refractivity contribution in [2.75, 3.05) is 5.32 Å². The smallest absolute Gasteiger partial charge is 0.255 e. The Kier molecular flexibility index (Phi) is 3.71. The first-order valence-corrected chi connectivity index (χ1v) is 6.08. The van der Waals surface area contributed by atoms with E-state index in [4.69, 9.17) is 11.6 Å². The molecule has 4 nitrogen and oxygen atoms in total. The fourth-order valence-corrected chi connectivity index (χ4v) is 1.99. The number of pyridine rings is 1. The Morgan fingerprint density at radius 3 is 2.63 bits per heavy atom. The average Bonchev–Trinajstić information content (AvgIpc) is 2.31. The van der Waals surface area contributed by atoms with Crippen LogP contribution >= 0.6 is 11.6 Å². The highest BCUT2D eigenvalue weighted by Crippen LogP contribution is 2.21. The van der Waals surface area contributed by atoms with Crippen molar-refractivity contribution in [3.63, 3.8) is 0 Å². The van der Waals surface area contributed by atoms with Gasteiger partial charge in [0.05, 0.1) is 0 Å². The number of nitrogens with one attached hydrogen (secondary N) is 1. The van der Waals surface area contributed by atoms with Gasteiger partial charge in [0.1, 0.15) is 10.9 Å². The summed E-state index contributed by atoms with van der Waals surface area (Å²) in [5.41, 5.74) is 2.56. The highest BCUT2D eigenvalue weighted by molar-refractivity contribution is 6.29. The van der Waals surface area contributed by atoms with Crippen LogP contribution in [0.4, 0.5) is 5.69 Å². The first kappa shape index (κ1) is 13.4. The maximum atomic E-state index is 12.1. The van der Waals surface area contributed by atoms with Crippen molar-refractivity contribution in [2.45, 2.75) is 13.8 Å². The van der Waals surface area contributed by atoms with Gasteiger partial charge in [0.15, 0.2) is 0 Å². The van der Waals surface area contributed by atoms with Crippen molar-refractivity contribution in [3.05, 3.63) is 52.3 Å². The molecule has 1 heterocycles. The lowest BCUT2D eigenvalue weighted by atomic mass is 10.1. The molecule has 1 amide bonds. The Morgan fingerprint density at radius 2 is 2.00 bits per heavy atom. The lowest BCUT2D eigenvalue weighted by Crippen LogP contribution is -2.13. The van der Waals surface area contributed by atoms with Crippen LogP contribution in [0.25, 0.3) is 0 Å². The molecule has 0 spiro atoms. The van der Waals surface area contributed by atoms with Gasteiger partial charge in [-0.05, 0) is 49.7 Å². The Bertz CT molecular complexity index is 621. The molecule has 0 bridgehead atoms. The summed E-state index contributed by atoms with van der Waals surface area (Å²) in [5, 5.41) is 12.4. The van der Waals surface area contributed by atoms with E-state index in [2.05, 4.69) is 10.3 Å². The van der Waals surface area contributed by atoms with Gasteiger partial charge in [-0.15, -0.1) is 0 Å². The van der Waals surface area contributed by atoms with Gasteiger partial charge in [-0.3, -0.25) is 4.79 Å². The summed E-state index contributed by atoms with van der Waals surface area (Å²) >= 11 is 5.83. The molecule has 0 aliphatic heterocycles. The quantitative estimate of drug-likeness (QED) is 0.653. The zero-order valence-corrected chi connectivity index (χ0v) is 11.3. The zero-order valence-electron chi connectivity index (χ0n) is 10.6. The number of carbonyl (C=O) groups is 1. The van der Waals surface area contributed by atoms with Crippen molar-refractivity contribution in [3.8, 4) is 5.75 Å². The lowest BCUT2D eigenvalue weighted by Gasteiger charge is -2.09. The molecular weight excluding hydrogens is 264 g/mol. The van der Waals surface area contributed by atoms with Crippen LogP contribution in [0.2, 0.25) is 5.15 Å². The van der Waals surface area contributed by atoms with Gasteiger partial charge >= 0.3 is 0 Å². The zero-order chi connectivity index (χ0) is 14.0. The van der Waals surface area contributed by atoms with E-state index in [9.17, 15) is 9.90 Å². The van der Waals surface area contributed by atoms with E-state index in [0.717, 1.165) is 5.56 Å². The van der Waals surface area contributed by atoms with Crippen LogP contribution in [0.1, 0.15) is 21.6 Å². The third-order valence-electron chi connectivity index (χ3n) is 2.64. The van der Waals surface area contributed by atoms with Gasteiger partial charge in [0.2, 0.25) is 0 Å². The molecular formula is C14H13ClN2O2. The maximum Gasteiger partial charge on any atom is 0.255 e. The minimum atomic E-state index is -0.263. The summed E-state index contributed by atoms with van der Waals surface area (Å²) in [5.74, 6) is -0.0977. The fraction of sp³-hybridized carbons (Fsp3) is 0.143. The van der Waals surface area contributed by atoms with E-state index in [0.29, 0.717) is 16.9 Å². The molecule has 2 rings (SSSR count). The summed E-state index contributed by atoms with van der Waals surface area (Å²) in [7, 11) is 0. The number of hydrogen-bond donors (Lipinski definition) is 2. The van der Waals surface area contributed by atoms with Crippen molar-refractivity contribution in [2.24, 2.45) is 0 Å². The van der Waals surface area contributed by atoms with Crippen molar-refractivity contribution in [1.29, 1.82) is 0 Å². The molecule has 0 aliphatic rings. The van der Waals surface area contributed by atoms with Crippen LogP contribution in [-0.4, -0.2) is 16.0 Å². The number of amides is 1. The molecule has 0 atom stereocenters. The second kappa shape index (κ2) is 5.28. The van der Waals surface area contributed by atoms with Crippen molar-refractivity contribution >= 4 is 23.2 Å². The number of aromatic nitrogens is 1. The summed E-state index contributed by atoms with van der Waals surface area (Å²) in [6.07, 6.45) is 0. The highest BCUT2D eigenvalue weighted by Gasteiger charge is 2.10. The summed E-state index contributed by atoms with van der Waals surface area (Å²) in [6.45, 7) is 3.58. The molecule has 0 saturated heterocycles. The van der Waals surface area contributed by atoms with Gasteiger partial charge in [-0.1, -0.05) is 11.6 Å². The summed E-state index contributed by atoms with van der Waals surface area (Å²) < 4.78 is 0. The largest absolute Gasteiger partial charge is 0.508 e. The predicted molar refractivity (Wildman–Crippen MR) is 74.8 cm³/mol. The third-order valence-corrected chi connectivity index (χ3v) is 2.84. The molecule has 5 heteroatoms. The van der Waals surface area contributed by atoms with E-state index in [1.165, 1.54) is 12.1 Å². The number of phenols is 1. The van der Waals surface area contributed by atoms with Crippen LogP contribution in [-0.2, 0) is 0 Å². The van der Waals surface area contributed by atoms with Crippen LogP contribution < -0.4 is 5.32 Å². The fourth-order valence-electron chi connectivity index (χ4n) is 1.74. The Balaban J connectivity index is 2.25. The van der Waals surface area contributed by atoms with Gasteiger partial charge in [-0.2, -0.15) is 0 Å². The minimum Gasteiger partial charge on any atom is -0.508 e. The lowest BCUT2D eigenvalue weighted by molar-refractivity contribution is 0.102. The van der Waals surface area contributed by atoms with Crippen molar-refractivity contribution < 1.29 is 9.90 Å². The second-order valence-electron chi connectivity index (χ2n) is 4.27. The number of aromatic hydroxyl groups is 1. The van der Waals surface area contributed by atoms with Gasteiger partial charge in [-0.25, -0.2) is 4.98 Å².